The van der Waals surface area contributed by atoms with Crippen molar-refractivity contribution in [2.24, 2.45) is 5.73 Å². The van der Waals surface area contributed by atoms with Crippen LogP contribution in [-0.2, 0) is 22.6 Å². The smallest absolute Gasteiger partial charge is 0.319 e. The van der Waals surface area contributed by atoms with Gasteiger partial charge in [0.05, 0.1) is 13.7 Å². The van der Waals surface area contributed by atoms with Crippen molar-refractivity contribution in [2.45, 2.75) is 39.9 Å². The molecule has 0 atom stereocenters. The van der Waals surface area contributed by atoms with Crippen molar-refractivity contribution in [1.82, 2.24) is 4.90 Å². The highest BCUT2D eigenvalue weighted by molar-refractivity contribution is 5.71. The summed E-state index contributed by atoms with van der Waals surface area (Å²) in [6.07, 6.45) is 0. The van der Waals surface area contributed by atoms with Gasteiger partial charge in [0.25, 0.3) is 0 Å². The predicted molar refractivity (Wildman–Crippen MR) is 76.6 cm³/mol. The summed E-state index contributed by atoms with van der Waals surface area (Å²) in [7, 11) is 1.42. The molecule has 0 fully saturated rings. The van der Waals surface area contributed by atoms with E-state index in [0.29, 0.717) is 13.1 Å². The van der Waals surface area contributed by atoms with Gasteiger partial charge in [-0.05, 0) is 37.5 Å². The molecule has 0 spiro atoms. The topological polar surface area (TPSA) is 55.6 Å². The first-order valence-electron chi connectivity index (χ1n) is 6.57. The Hall–Kier alpha value is -1.39. The third kappa shape index (κ3) is 4.65. The predicted octanol–water partition coefficient (Wildman–Crippen LogP) is 1.84. The lowest BCUT2D eigenvalue weighted by Crippen LogP contribution is -2.35. The number of carbonyl (C=O) groups is 1. The zero-order valence-corrected chi connectivity index (χ0v) is 12.3. The Kier molecular flexibility index (Phi) is 5.99. The third-order valence-electron chi connectivity index (χ3n) is 3.31. The summed E-state index contributed by atoms with van der Waals surface area (Å²) < 4.78 is 4.74. The van der Waals surface area contributed by atoms with Gasteiger partial charge in [0.1, 0.15) is 0 Å². The van der Waals surface area contributed by atoms with Crippen LogP contribution in [-0.4, -0.2) is 30.6 Å². The number of nitrogens with two attached hydrogens (primary N) is 1. The summed E-state index contributed by atoms with van der Waals surface area (Å²) in [4.78, 5) is 13.5. The molecule has 0 radical (unpaired) electrons. The number of hydrogen-bond donors (Lipinski definition) is 1. The largest absolute Gasteiger partial charge is 0.468 e. The third-order valence-corrected chi connectivity index (χ3v) is 3.31. The Morgan fingerprint density at radius 1 is 1.42 bits per heavy atom. The lowest BCUT2D eigenvalue weighted by molar-refractivity contribution is -0.142. The van der Waals surface area contributed by atoms with Crippen LogP contribution in [0.2, 0.25) is 0 Å². The first-order valence-corrected chi connectivity index (χ1v) is 6.57. The van der Waals surface area contributed by atoms with Gasteiger partial charge in [-0.1, -0.05) is 18.2 Å². The van der Waals surface area contributed by atoms with Crippen LogP contribution < -0.4 is 5.73 Å². The van der Waals surface area contributed by atoms with Gasteiger partial charge in [-0.15, -0.1) is 0 Å². The number of aryl methyl sites for hydroxylation is 1. The average Bonchev–Trinajstić information content (AvgIpc) is 2.39. The van der Waals surface area contributed by atoms with E-state index in [-0.39, 0.29) is 12.0 Å². The van der Waals surface area contributed by atoms with E-state index < -0.39 is 0 Å². The summed E-state index contributed by atoms with van der Waals surface area (Å²) in [5, 5.41) is 0. The van der Waals surface area contributed by atoms with Crippen LogP contribution >= 0.6 is 0 Å². The molecule has 106 valence electrons. The Balaban J connectivity index is 2.81. The number of benzene rings is 1. The second-order valence-electron chi connectivity index (χ2n) is 5.04. The van der Waals surface area contributed by atoms with E-state index in [2.05, 4.69) is 37.8 Å². The van der Waals surface area contributed by atoms with Crippen molar-refractivity contribution >= 4 is 5.97 Å². The summed E-state index contributed by atoms with van der Waals surface area (Å²) in [5.74, 6) is -0.204. The maximum absolute atomic E-state index is 11.4. The molecule has 0 aliphatic heterocycles. The Labute approximate surface area is 115 Å². The van der Waals surface area contributed by atoms with Crippen molar-refractivity contribution in [3.8, 4) is 0 Å². The van der Waals surface area contributed by atoms with Crippen LogP contribution in [0.1, 0.15) is 30.5 Å². The van der Waals surface area contributed by atoms with Crippen LogP contribution in [0, 0.1) is 6.92 Å². The van der Waals surface area contributed by atoms with E-state index in [1.807, 2.05) is 6.07 Å². The molecule has 0 bridgehead atoms. The molecule has 0 saturated heterocycles. The quantitative estimate of drug-likeness (QED) is 0.797. The molecule has 19 heavy (non-hydrogen) atoms. The van der Waals surface area contributed by atoms with E-state index in [9.17, 15) is 4.79 Å². The molecule has 4 heteroatoms. The van der Waals surface area contributed by atoms with E-state index >= 15 is 0 Å². The van der Waals surface area contributed by atoms with E-state index in [1.54, 1.807) is 0 Å². The van der Waals surface area contributed by atoms with Crippen LogP contribution in [0.5, 0.6) is 0 Å². The van der Waals surface area contributed by atoms with Gasteiger partial charge >= 0.3 is 5.97 Å². The zero-order valence-electron chi connectivity index (χ0n) is 12.3. The number of esters is 1. The minimum atomic E-state index is -0.204. The molecule has 0 saturated carbocycles. The first kappa shape index (κ1) is 15.7. The number of hydrogen-bond acceptors (Lipinski definition) is 4. The van der Waals surface area contributed by atoms with Crippen LogP contribution in [0.15, 0.2) is 18.2 Å². The lowest BCUT2D eigenvalue weighted by atomic mass is 10.0. The molecular formula is C15H24N2O2. The number of carbonyl (C=O) groups excluding carboxylic acids is 1. The maximum Gasteiger partial charge on any atom is 0.319 e. The highest BCUT2D eigenvalue weighted by Crippen LogP contribution is 2.15. The summed E-state index contributed by atoms with van der Waals surface area (Å²) in [6.45, 7) is 7.83. The van der Waals surface area contributed by atoms with Crippen LogP contribution in [0.4, 0.5) is 0 Å². The fourth-order valence-electron chi connectivity index (χ4n) is 1.93. The second-order valence-corrected chi connectivity index (χ2v) is 5.04. The normalized spacial score (nSPS) is 11.1. The van der Waals surface area contributed by atoms with Crippen LogP contribution in [0.3, 0.4) is 0 Å². The van der Waals surface area contributed by atoms with Crippen molar-refractivity contribution in [1.29, 1.82) is 0 Å². The minimum Gasteiger partial charge on any atom is -0.468 e. The Morgan fingerprint density at radius 3 is 2.58 bits per heavy atom. The molecule has 0 unspecified atom stereocenters. The summed E-state index contributed by atoms with van der Waals surface area (Å²) >= 11 is 0. The maximum atomic E-state index is 11.4. The molecule has 0 heterocycles. The van der Waals surface area contributed by atoms with Crippen molar-refractivity contribution in [2.75, 3.05) is 13.7 Å². The van der Waals surface area contributed by atoms with Gasteiger partial charge in [0.2, 0.25) is 0 Å². The van der Waals surface area contributed by atoms with E-state index in [1.165, 1.54) is 18.2 Å². The fraction of sp³-hybridized carbons (Fsp3) is 0.533. The first-order chi connectivity index (χ1) is 8.97. The van der Waals surface area contributed by atoms with Gasteiger partial charge in [0.15, 0.2) is 0 Å². The fourth-order valence-corrected chi connectivity index (χ4v) is 1.93. The molecular weight excluding hydrogens is 240 g/mol. The molecule has 1 rings (SSSR count). The van der Waals surface area contributed by atoms with E-state index in [0.717, 1.165) is 12.1 Å². The molecule has 0 amide bonds. The summed E-state index contributed by atoms with van der Waals surface area (Å²) in [5.41, 5.74) is 9.18. The second kappa shape index (κ2) is 7.26. The number of ether oxygens (including phenoxy) is 1. The molecule has 1 aromatic rings. The molecule has 2 N–H and O–H groups in total. The van der Waals surface area contributed by atoms with Crippen LogP contribution in [0.25, 0.3) is 0 Å². The Morgan fingerprint density at radius 2 is 2.11 bits per heavy atom. The molecule has 0 aliphatic rings. The monoisotopic (exact) mass is 264 g/mol. The number of methoxy groups -OCH3 is 1. The standard InChI is InChI=1S/C15H24N2O2/c1-11(2)17(10-15(18)19-4)9-14-6-5-13(8-16)7-12(14)3/h5-7,11H,8-10,16H2,1-4H3. The van der Waals surface area contributed by atoms with Gasteiger partial charge in [-0.2, -0.15) is 0 Å². The average molecular weight is 264 g/mol. The van der Waals surface area contributed by atoms with Crippen molar-refractivity contribution < 1.29 is 9.53 Å². The zero-order chi connectivity index (χ0) is 14.4. The number of rotatable bonds is 6. The van der Waals surface area contributed by atoms with Gasteiger partial charge in [0, 0.05) is 19.1 Å². The van der Waals surface area contributed by atoms with Gasteiger partial charge in [-0.3, -0.25) is 9.69 Å². The molecule has 1 aromatic carbocycles. The highest BCUT2D eigenvalue weighted by Gasteiger charge is 2.15. The van der Waals surface area contributed by atoms with E-state index in [4.69, 9.17) is 10.5 Å². The molecule has 0 aromatic heterocycles. The van der Waals surface area contributed by atoms with Gasteiger partial charge in [-0.25, -0.2) is 0 Å². The lowest BCUT2D eigenvalue weighted by Gasteiger charge is -2.26. The number of nitrogens with zero attached hydrogens (tertiary/aromatic N) is 1. The minimum absolute atomic E-state index is 0.204. The van der Waals surface area contributed by atoms with Gasteiger partial charge < -0.3 is 10.5 Å². The highest BCUT2D eigenvalue weighted by atomic mass is 16.5. The molecule has 4 nitrogen and oxygen atoms in total. The van der Waals surface area contributed by atoms with Crippen molar-refractivity contribution in [3.63, 3.8) is 0 Å². The summed E-state index contributed by atoms with van der Waals surface area (Å²) in [6, 6.07) is 6.52. The molecule has 0 aliphatic carbocycles. The SMILES string of the molecule is COC(=O)CN(Cc1ccc(CN)cc1C)C(C)C. The Bertz CT molecular complexity index is 430. The van der Waals surface area contributed by atoms with Crippen molar-refractivity contribution in [3.05, 3.63) is 34.9 Å².